The fourth-order valence-electron chi connectivity index (χ4n) is 1.21. The molecule has 0 unspecified atom stereocenters. The van der Waals surface area contributed by atoms with Crippen LogP contribution in [-0.2, 0) is 0 Å². The molecular weight excluding hydrogens is 200 g/mol. The first-order valence-electron chi connectivity index (χ1n) is 4.06. The van der Waals surface area contributed by atoms with Crippen LogP contribution in [0.15, 0.2) is 29.1 Å². The highest BCUT2D eigenvalue weighted by Crippen LogP contribution is 2.08. The zero-order valence-corrected chi connectivity index (χ0v) is 7.43. The minimum Gasteiger partial charge on any atom is -0.449 e. The summed E-state index contributed by atoms with van der Waals surface area (Å²) in [4.78, 5) is 21.8. The second-order valence-electron chi connectivity index (χ2n) is 2.77. The lowest BCUT2D eigenvalue weighted by atomic mass is 10.2. The Labute approximate surface area is 83.1 Å². The number of nitrogens with one attached hydrogen (secondary N) is 1. The maximum Gasteiger partial charge on any atom is 0.512 e. The van der Waals surface area contributed by atoms with Crippen molar-refractivity contribution in [3.8, 4) is 5.88 Å². The summed E-state index contributed by atoms with van der Waals surface area (Å²) >= 11 is 0. The number of aromatic amines is 1. The molecule has 0 saturated carbocycles. The van der Waals surface area contributed by atoms with E-state index in [1.807, 2.05) is 0 Å². The first-order valence-corrected chi connectivity index (χ1v) is 4.06. The number of carboxylic acid groups (broad SMARTS) is 1. The van der Waals surface area contributed by atoms with E-state index >= 15 is 0 Å². The zero-order valence-electron chi connectivity index (χ0n) is 7.43. The Morgan fingerprint density at radius 1 is 1.40 bits per heavy atom. The van der Waals surface area contributed by atoms with Gasteiger partial charge in [0.2, 0.25) is 0 Å². The Morgan fingerprint density at radius 2 is 2.13 bits per heavy atom. The molecule has 0 saturated heterocycles. The molecule has 15 heavy (non-hydrogen) atoms. The number of hydrogen-bond acceptors (Lipinski definition) is 4. The van der Waals surface area contributed by atoms with Crippen LogP contribution in [0, 0.1) is 0 Å². The average molecular weight is 206 g/mol. The van der Waals surface area contributed by atoms with Crippen molar-refractivity contribution in [2.45, 2.75) is 0 Å². The average Bonchev–Trinajstić information content (AvgIpc) is 2.22. The van der Waals surface area contributed by atoms with Gasteiger partial charge in [0.1, 0.15) is 0 Å². The number of benzene rings is 1. The topological polar surface area (TPSA) is 92.3 Å². The number of nitrogens with zero attached hydrogens (tertiary/aromatic N) is 1. The predicted octanol–water partition coefficient (Wildman–Crippen LogP) is 0.980. The Kier molecular flexibility index (Phi) is 2.09. The molecule has 1 aromatic carbocycles. The zero-order chi connectivity index (χ0) is 10.8. The van der Waals surface area contributed by atoms with Crippen LogP contribution in [0.1, 0.15) is 0 Å². The quantitative estimate of drug-likeness (QED) is 0.678. The molecular formula is C9H6N2O4. The van der Waals surface area contributed by atoms with Gasteiger partial charge >= 0.3 is 6.16 Å². The summed E-state index contributed by atoms with van der Waals surface area (Å²) in [5.74, 6) is -0.471. The van der Waals surface area contributed by atoms with Crippen LogP contribution in [-0.4, -0.2) is 21.5 Å². The third-order valence-electron chi connectivity index (χ3n) is 1.83. The SMILES string of the molecule is O=C(O)Oc1n[nH]c2ccccc2c1=O. The Hall–Kier alpha value is -2.37. The summed E-state index contributed by atoms with van der Waals surface area (Å²) in [7, 11) is 0. The molecule has 0 spiro atoms. The lowest BCUT2D eigenvalue weighted by molar-refractivity contribution is 0.141. The molecule has 0 aliphatic heterocycles. The largest absolute Gasteiger partial charge is 0.512 e. The van der Waals surface area contributed by atoms with Crippen LogP contribution in [0.4, 0.5) is 4.79 Å². The van der Waals surface area contributed by atoms with Gasteiger partial charge in [-0.15, -0.1) is 5.10 Å². The molecule has 0 aliphatic carbocycles. The van der Waals surface area contributed by atoms with Gasteiger partial charge < -0.3 is 9.84 Å². The van der Waals surface area contributed by atoms with Crippen LogP contribution < -0.4 is 10.2 Å². The van der Waals surface area contributed by atoms with E-state index in [-0.39, 0.29) is 0 Å². The van der Waals surface area contributed by atoms with Crippen molar-refractivity contribution in [1.82, 2.24) is 10.2 Å². The van der Waals surface area contributed by atoms with Crippen LogP contribution in [0.2, 0.25) is 0 Å². The van der Waals surface area contributed by atoms with Crippen molar-refractivity contribution in [3.05, 3.63) is 34.5 Å². The van der Waals surface area contributed by atoms with E-state index in [1.54, 1.807) is 24.3 Å². The highest BCUT2D eigenvalue weighted by Gasteiger charge is 2.10. The van der Waals surface area contributed by atoms with E-state index in [9.17, 15) is 9.59 Å². The third kappa shape index (κ3) is 1.64. The number of ether oxygens (including phenoxy) is 1. The van der Waals surface area contributed by atoms with Gasteiger partial charge in [-0.3, -0.25) is 9.89 Å². The molecule has 0 aliphatic rings. The molecule has 2 rings (SSSR count). The van der Waals surface area contributed by atoms with E-state index in [2.05, 4.69) is 14.9 Å². The molecule has 76 valence electrons. The van der Waals surface area contributed by atoms with E-state index in [0.717, 1.165) is 0 Å². The number of H-pyrrole nitrogens is 1. The number of para-hydroxylation sites is 1. The number of hydrogen-bond donors (Lipinski definition) is 2. The van der Waals surface area contributed by atoms with E-state index in [0.29, 0.717) is 10.9 Å². The molecule has 0 radical (unpaired) electrons. The molecule has 0 atom stereocenters. The Morgan fingerprint density at radius 3 is 2.87 bits per heavy atom. The minimum atomic E-state index is -1.57. The second-order valence-corrected chi connectivity index (χ2v) is 2.77. The summed E-state index contributed by atoms with van der Waals surface area (Å²) in [5.41, 5.74) is -0.0213. The van der Waals surface area contributed by atoms with Crippen LogP contribution in [0.5, 0.6) is 5.88 Å². The molecule has 0 amide bonds. The van der Waals surface area contributed by atoms with Gasteiger partial charge in [0.25, 0.3) is 11.3 Å². The van der Waals surface area contributed by atoms with Crippen LogP contribution >= 0.6 is 0 Å². The van der Waals surface area contributed by atoms with Crippen molar-refractivity contribution in [3.63, 3.8) is 0 Å². The monoisotopic (exact) mass is 206 g/mol. The van der Waals surface area contributed by atoms with Crippen molar-refractivity contribution in [2.24, 2.45) is 0 Å². The lowest BCUT2D eigenvalue weighted by Crippen LogP contribution is -2.15. The fourth-order valence-corrected chi connectivity index (χ4v) is 1.21. The van der Waals surface area contributed by atoms with Gasteiger partial charge in [0.15, 0.2) is 0 Å². The maximum atomic E-state index is 11.6. The van der Waals surface area contributed by atoms with Crippen molar-refractivity contribution in [2.75, 3.05) is 0 Å². The van der Waals surface area contributed by atoms with Crippen molar-refractivity contribution in [1.29, 1.82) is 0 Å². The molecule has 1 aromatic heterocycles. The minimum absolute atomic E-state index is 0.337. The summed E-state index contributed by atoms with van der Waals surface area (Å²) in [6.45, 7) is 0. The summed E-state index contributed by atoms with van der Waals surface area (Å²) in [6.07, 6.45) is -1.57. The van der Waals surface area contributed by atoms with Gasteiger partial charge in [-0.2, -0.15) is 0 Å². The molecule has 2 aromatic rings. The fraction of sp³-hybridized carbons (Fsp3) is 0. The van der Waals surface area contributed by atoms with Crippen LogP contribution in [0.3, 0.4) is 0 Å². The van der Waals surface area contributed by atoms with Gasteiger partial charge in [0, 0.05) is 0 Å². The van der Waals surface area contributed by atoms with E-state index in [4.69, 9.17) is 5.11 Å². The molecule has 6 heteroatoms. The smallest absolute Gasteiger partial charge is 0.449 e. The third-order valence-corrected chi connectivity index (χ3v) is 1.83. The molecule has 0 fully saturated rings. The van der Waals surface area contributed by atoms with Gasteiger partial charge in [-0.05, 0) is 12.1 Å². The Bertz CT molecular complexity index is 576. The van der Waals surface area contributed by atoms with E-state index in [1.165, 1.54) is 0 Å². The summed E-state index contributed by atoms with van der Waals surface area (Å²) in [5, 5.41) is 14.7. The summed E-state index contributed by atoms with van der Waals surface area (Å²) in [6, 6.07) is 6.62. The van der Waals surface area contributed by atoms with E-state index < -0.39 is 17.5 Å². The van der Waals surface area contributed by atoms with Gasteiger partial charge in [-0.1, -0.05) is 12.1 Å². The van der Waals surface area contributed by atoms with Crippen molar-refractivity contribution < 1.29 is 14.6 Å². The summed E-state index contributed by atoms with van der Waals surface area (Å²) < 4.78 is 4.21. The number of fused-ring (bicyclic) bond motifs is 1. The second kappa shape index (κ2) is 3.41. The molecule has 2 N–H and O–H groups in total. The number of rotatable bonds is 1. The first kappa shape index (κ1) is 9.20. The van der Waals surface area contributed by atoms with Gasteiger partial charge in [-0.25, -0.2) is 4.79 Å². The molecule has 6 nitrogen and oxygen atoms in total. The maximum absolute atomic E-state index is 11.6. The Balaban J connectivity index is 2.65. The molecule has 0 bridgehead atoms. The molecule has 1 heterocycles. The van der Waals surface area contributed by atoms with Crippen LogP contribution in [0.25, 0.3) is 10.9 Å². The van der Waals surface area contributed by atoms with Crippen molar-refractivity contribution >= 4 is 17.1 Å². The van der Waals surface area contributed by atoms with Gasteiger partial charge in [0.05, 0.1) is 10.9 Å². The highest BCUT2D eigenvalue weighted by atomic mass is 16.7. The predicted molar refractivity (Wildman–Crippen MR) is 51.0 cm³/mol. The first-order chi connectivity index (χ1) is 7.18. The number of aromatic nitrogens is 2. The lowest BCUT2D eigenvalue weighted by Gasteiger charge is -1.99. The number of carbonyl (C=O) groups is 1. The highest BCUT2D eigenvalue weighted by molar-refractivity contribution is 5.78. The normalized spacial score (nSPS) is 10.1. The standard InChI is InChI=1S/C9H6N2O4/c12-7-5-3-1-2-4-6(5)10-11-8(7)15-9(13)14/h1-4H,(H,10,12)(H,13,14).